The number of amides is 2. The van der Waals surface area contributed by atoms with Crippen molar-refractivity contribution in [2.45, 2.75) is 12.8 Å². The number of hydrogen-bond acceptors (Lipinski definition) is 5. The van der Waals surface area contributed by atoms with Gasteiger partial charge in [0.05, 0.1) is 25.4 Å². The van der Waals surface area contributed by atoms with Crippen LogP contribution in [0.15, 0.2) is 17.1 Å². The van der Waals surface area contributed by atoms with E-state index in [1.807, 2.05) is 0 Å². The fourth-order valence-corrected chi connectivity index (χ4v) is 4.08. The van der Waals surface area contributed by atoms with Crippen molar-refractivity contribution in [1.29, 1.82) is 0 Å². The van der Waals surface area contributed by atoms with E-state index in [-0.39, 0.29) is 71.9 Å². The average Bonchev–Trinajstić information content (AvgIpc) is 3.29. The standard InChI is InChI=1S/C17H24N4O4.HI/c1-18-17(19-6-5-12(22)25-2)20-7-8-21-15(23)13-10-3-4-11(9-10)14(13)16(21)24;/h3-4,10-11,13-14H,5-9H2,1-2H3,(H2,18,19,20);1H. The Labute approximate surface area is 169 Å². The fourth-order valence-electron chi connectivity index (χ4n) is 4.08. The van der Waals surface area contributed by atoms with Gasteiger partial charge in [-0.3, -0.25) is 24.3 Å². The van der Waals surface area contributed by atoms with Crippen LogP contribution in [-0.4, -0.2) is 62.4 Å². The van der Waals surface area contributed by atoms with E-state index < -0.39 is 0 Å². The number of carbonyl (C=O) groups excluding carboxylic acids is 3. The van der Waals surface area contributed by atoms with E-state index in [4.69, 9.17) is 0 Å². The molecule has 2 fully saturated rings. The molecule has 144 valence electrons. The molecule has 26 heavy (non-hydrogen) atoms. The molecule has 1 aliphatic heterocycles. The maximum absolute atomic E-state index is 12.6. The Hall–Kier alpha value is -1.65. The molecule has 8 nitrogen and oxygen atoms in total. The number of rotatable bonds is 6. The van der Waals surface area contributed by atoms with Crippen molar-refractivity contribution in [2.75, 3.05) is 33.8 Å². The SMILES string of the molecule is CN=C(NCCC(=O)OC)NCCN1C(=O)C2C3C=CC(C3)C2C1=O.I. The lowest BCUT2D eigenvalue weighted by Gasteiger charge is -2.18. The van der Waals surface area contributed by atoms with Crippen molar-refractivity contribution < 1.29 is 19.1 Å². The molecule has 2 bridgehead atoms. The largest absolute Gasteiger partial charge is 0.469 e. The normalized spacial score (nSPS) is 28.8. The van der Waals surface area contributed by atoms with Gasteiger partial charge in [-0.1, -0.05) is 12.2 Å². The molecule has 2 aliphatic carbocycles. The van der Waals surface area contributed by atoms with Gasteiger partial charge in [-0.2, -0.15) is 0 Å². The number of likely N-dealkylation sites (tertiary alicyclic amines) is 1. The van der Waals surface area contributed by atoms with E-state index in [0.717, 1.165) is 6.42 Å². The molecular weight excluding hydrogens is 451 g/mol. The zero-order valence-corrected chi connectivity index (χ0v) is 17.3. The molecule has 0 aromatic rings. The van der Waals surface area contributed by atoms with Gasteiger partial charge in [-0.25, -0.2) is 0 Å². The van der Waals surface area contributed by atoms with Crippen LogP contribution in [-0.2, 0) is 19.1 Å². The molecule has 4 unspecified atom stereocenters. The molecule has 0 radical (unpaired) electrons. The van der Waals surface area contributed by atoms with Gasteiger partial charge in [0.2, 0.25) is 11.8 Å². The number of hydrogen-bond donors (Lipinski definition) is 2. The van der Waals surface area contributed by atoms with Crippen molar-refractivity contribution in [3.05, 3.63) is 12.2 Å². The van der Waals surface area contributed by atoms with E-state index in [0.29, 0.717) is 25.6 Å². The van der Waals surface area contributed by atoms with Gasteiger partial charge < -0.3 is 15.4 Å². The summed E-state index contributed by atoms with van der Waals surface area (Å²) < 4.78 is 4.57. The van der Waals surface area contributed by atoms with Crippen LogP contribution in [0.25, 0.3) is 0 Å². The van der Waals surface area contributed by atoms with E-state index in [1.54, 1.807) is 7.05 Å². The minimum atomic E-state index is -0.300. The van der Waals surface area contributed by atoms with Gasteiger partial charge in [0.25, 0.3) is 0 Å². The average molecular weight is 476 g/mol. The smallest absolute Gasteiger partial charge is 0.307 e. The molecule has 1 heterocycles. The minimum absolute atomic E-state index is 0. The van der Waals surface area contributed by atoms with Crippen LogP contribution >= 0.6 is 24.0 Å². The predicted molar refractivity (Wildman–Crippen MR) is 106 cm³/mol. The molecule has 2 N–H and O–H groups in total. The number of fused-ring (bicyclic) bond motifs is 5. The predicted octanol–water partition coefficient (Wildman–Crippen LogP) is 0.140. The van der Waals surface area contributed by atoms with Gasteiger partial charge in [0, 0.05) is 26.7 Å². The number of methoxy groups -OCH3 is 1. The number of halogens is 1. The maximum atomic E-state index is 12.6. The number of carbonyl (C=O) groups is 3. The molecule has 1 saturated carbocycles. The highest BCUT2D eigenvalue weighted by molar-refractivity contribution is 14.0. The van der Waals surface area contributed by atoms with Gasteiger partial charge in [-0.15, -0.1) is 24.0 Å². The summed E-state index contributed by atoms with van der Waals surface area (Å²) in [5.41, 5.74) is 0. The second-order valence-corrected chi connectivity index (χ2v) is 6.58. The number of allylic oxidation sites excluding steroid dienone is 2. The fraction of sp³-hybridized carbons (Fsp3) is 0.647. The lowest BCUT2D eigenvalue weighted by Crippen LogP contribution is -2.44. The third-order valence-corrected chi connectivity index (χ3v) is 5.26. The topological polar surface area (TPSA) is 100 Å². The third kappa shape index (κ3) is 3.86. The van der Waals surface area contributed by atoms with Crippen LogP contribution in [0.4, 0.5) is 0 Å². The molecule has 4 atom stereocenters. The first kappa shape index (κ1) is 20.7. The van der Waals surface area contributed by atoms with Crippen LogP contribution < -0.4 is 10.6 Å². The van der Waals surface area contributed by atoms with Crippen LogP contribution in [0.3, 0.4) is 0 Å². The first-order chi connectivity index (χ1) is 12.1. The molecule has 0 aromatic carbocycles. The summed E-state index contributed by atoms with van der Waals surface area (Å²) in [5.74, 6) is 0.301. The quantitative estimate of drug-likeness (QED) is 0.141. The highest BCUT2D eigenvalue weighted by Gasteiger charge is 2.58. The molecule has 1 saturated heterocycles. The Morgan fingerprint density at radius 3 is 2.31 bits per heavy atom. The van der Waals surface area contributed by atoms with Crippen LogP contribution in [0, 0.1) is 23.7 Å². The Morgan fingerprint density at radius 1 is 1.19 bits per heavy atom. The Balaban J connectivity index is 0.00000243. The minimum Gasteiger partial charge on any atom is -0.469 e. The first-order valence-corrected chi connectivity index (χ1v) is 8.61. The van der Waals surface area contributed by atoms with Crippen LogP contribution in [0.2, 0.25) is 0 Å². The van der Waals surface area contributed by atoms with Crippen molar-refractivity contribution in [3.63, 3.8) is 0 Å². The van der Waals surface area contributed by atoms with Crippen molar-refractivity contribution in [3.8, 4) is 0 Å². The third-order valence-electron chi connectivity index (χ3n) is 5.26. The van der Waals surface area contributed by atoms with E-state index in [9.17, 15) is 14.4 Å². The lowest BCUT2D eigenvalue weighted by molar-refractivity contribution is -0.141. The Morgan fingerprint density at radius 2 is 1.77 bits per heavy atom. The number of guanidine groups is 1. The first-order valence-electron chi connectivity index (χ1n) is 8.61. The van der Waals surface area contributed by atoms with E-state index in [1.165, 1.54) is 12.0 Å². The lowest BCUT2D eigenvalue weighted by atomic mass is 9.85. The Bertz CT molecular complexity index is 606. The maximum Gasteiger partial charge on any atom is 0.307 e. The number of nitrogens with one attached hydrogen (secondary N) is 2. The summed E-state index contributed by atoms with van der Waals surface area (Å²) in [6, 6.07) is 0. The van der Waals surface area contributed by atoms with Crippen LogP contribution in [0.5, 0.6) is 0 Å². The highest BCUT2D eigenvalue weighted by atomic mass is 127. The monoisotopic (exact) mass is 476 g/mol. The molecular formula is C17H25IN4O4. The number of esters is 1. The highest BCUT2D eigenvalue weighted by Crippen LogP contribution is 2.52. The van der Waals surface area contributed by atoms with E-state index >= 15 is 0 Å². The van der Waals surface area contributed by atoms with Gasteiger partial charge in [-0.05, 0) is 18.3 Å². The summed E-state index contributed by atoms with van der Waals surface area (Å²) >= 11 is 0. The number of ether oxygens (including phenoxy) is 1. The zero-order chi connectivity index (χ0) is 18.0. The number of nitrogens with zero attached hydrogens (tertiary/aromatic N) is 2. The molecule has 3 rings (SSSR count). The summed E-state index contributed by atoms with van der Waals surface area (Å²) in [5, 5.41) is 6.04. The summed E-state index contributed by atoms with van der Waals surface area (Å²) in [4.78, 5) is 41.6. The summed E-state index contributed by atoms with van der Waals surface area (Å²) in [6.07, 6.45) is 5.35. The molecule has 0 aromatic heterocycles. The summed E-state index contributed by atoms with van der Waals surface area (Å²) in [6.45, 7) is 1.13. The number of imide groups is 1. The second-order valence-electron chi connectivity index (χ2n) is 6.58. The van der Waals surface area contributed by atoms with Crippen LogP contribution in [0.1, 0.15) is 12.8 Å². The van der Waals surface area contributed by atoms with Gasteiger partial charge >= 0.3 is 5.97 Å². The van der Waals surface area contributed by atoms with Gasteiger partial charge in [0.1, 0.15) is 0 Å². The van der Waals surface area contributed by atoms with Gasteiger partial charge in [0.15, 0.2) is 5.96 Å². The molecule has 9 heteroatoms. The molecule has 3 aliphatic rings. The molecule has 0 spiro atoms. The van der Waals surface area contributed by atoms with Crippen molar-refractivity contribution in [1.82, 2.24) is 15.5 Å². The van der Waals surface area contributed by atoms with Crippen molar-refractivity contribution in [2.24, 2.45) is 28.7 Å². The Kier molecular flexibility index (Phi) is 7.01. The van der Waals surface area contributed by atoms with E-state index in [2.05, 4.69) is 32.5 Å². The summed E-state index contributed by atoms with van der Waals surface area (Å²) in [7, 11) is 2.96. The van der Waals surface area contributed by atoms with Crippen molar-refractivity contribution >= 4 is 47.7 Å². The number of aliphatic imine (C=N–C) groups is 1. The second kappa shape index (κ2) is 8.83. The molecule has 2 amide bonds. The zero-order valence-electron chi connectivity index (χ0n) is 14.9.